The number of esters is 2. The summed E-state index contributed by atoms with van der Waals surface area (Å²) in [4.78, 5) is 26.1. The van der Waals surface area contributed by atoms with Gasteiger partial charge in [0.1, 0.15) is 16.5 Å². The number of rotatable bonds is 6. The second-order valence-corrected chi connectivity index (χ2v) is 11.1. The molecule has 0 spiro atoms. The summed E-state index contributed by atoms with van der Waals surface area (Å²) in [6.45, 7) is 17.2. The summed E-state index contributed by atoms with van der Waals surface area (Å²) in [7, 11) is 1.32. The van der Waals surface area contributed by atoms with E-state index in [1.54, 1.807) is 26.8 Å². The fourth-order valence-electron chi connectivity index (χ4n) is 2.12. The van der Waals surface area contributed by atoms with Crippen LogP contribution in [-0.4, -0.2) is 42.9 Å². The predicted molar refractivity (Wildman–Crippen MR) is 121 cm³/mol. The number of ether oxygens (including phenoxy) is 3. The molecule has 0 aliphatic heterocycles. The first-order valence-corrected chi connectivity index (χ1v) is 10.7. The molecule has 1 aromatic rings. The Morgan fingerprint density at radius 1 is 1.07 bits per heavy atom. The van der Waals surface area contributed by atoms with Crippen LogP contribution in [0.1, 0.15) is 76.9 Å². The van der Waals surface area contributed by atoms with Crippen LogP contribution in [0, 0.1) is 17.3 Å². The van der Waals surface area contributed by atoms with Crippen LogP contribution in [0.15, 0.2) is 6.07 Å². The van der Waals surface area contributed by atoms with E-state index in [0.29, 0.717) is 15.4 Å². The van der Waals surface area contributed by atoms with Crippen LogP contribution < -0.4 is 5.32 Å². The molecule has 0 saturated carbocycles. The van der Waals surface area contributed by atoms with E-state index in [2.05, 4.69) is 17.2 Å². The summed E-state index contributed by atoms with van der Waals surface area (Å²) in [6.07, 6.45) is 0. The first kappa shape index (κ1) is 26.0. The van der Waals surface area contributed by atoms with Gasteiger partial charge in [-0.25, -0.2) is 9.59 Å². The molecule has 0 radical (unpaired) electrons. The number of hydrogen-bond donors (Lipinski definition) is 1. The molecule has 168 valence electrons. The molecule has 1 N–H and O–H groups in total. The van der Waals surface area contributed by atoms with E-state index in [0.717, 1.165) is 0 Å². The first-order valence-electron chi connectivity index (χ1n) is 9.89. The van der Waals surface area contributed by atoms with Crippen LogP contribution in [0.5, 0.6) is 0 Å². The second kappa shape index (κ2) is 9.84. The number of anilines is 1. The lowest BCUT2D eigenvalue weighted by Gasteiger charge is -2.27. The molecule has 0 aliphatic carbocycles. The molecule has 0 aromatic carbocycles. The number of carbonyl (C=O) groups excluding carboxylic acids is 2. The van der Waals surface area contributed by atoms with Gasteiger partial charge in [-0.1, -0.05) is 11.8 Å². The summed E-state index contributed by atoms with van der Waals surface area (Å²) in [6, 6.07) is 0.953. The zero-order valence-corrected chi connectivity index (χ0v) is 20.6. The lowest BCUT2D eigenvalue weighted by molar-refractivity contribution is -0.158. The maximum Gasteiger partial charge on any atom is 0.350 e. The lowest BCUT2D eigenvalue weighted by atomic mass is 9.98. The Hall–Kier alpha value is -2.04. The van der Waals surface area contributed by atoms with E-state index in [-0.39, 0.29) is 12.0 Å². The Kier molecular flexibility index (Phi) is 8.53. The Morgan fingerprint density at radius 2 is 1.67 bits per heavy atom. The van der Waals surface area contributed by atoms with Gasteiger partial charge in [0, 0.05) is 5.41 Å². The highest BCUT2D eigenvalue weighted by molar-refractivity contribution is 7.15. The van der Waals surface area contributed by atoms with Gasteiger partial charge >= 0.3 is 11.9 Å². The molecular formula is C23H35NO5S. The van der Waals surface area contributed by atoms with E-state index in [4.69, 9.17) is 14.2 Å². The molecule has 30 heavy (non-hydrogen) atoms. The van der Waals surface area contributed by atoms with E-state index >= 15 is 0 Å². The highest BCUT2D eigenvalue weighted by Gasteiger charge is 2.29. The van der Waals surface area contributed by atoms with Gasteiger partial charge < -0.3 is 19.5 Å². The minimum absolute atomic E-state index is 0.0812. The van der Waals surface area contributed by atoms with Gasteiger partial charge in [0.25, 0.3) is 0 Å². The minimum Gasteiger partial charge on any atom is -0.465 e. The summed E-state index contributed by atoms with van der Waals surface area (Å²) in [5, 5.41) is 3.12. The number of methoxy groups -OCH3 is 1. The molecule has 1 atom stereocenters. The van der Waals surface area contributed by atoms with Crippen molar-refractivity contribution < 1.29 is 23.8 Å². The minimum atomic E-state index is -0.801. The van der Waals surface area contributed by atoms with Crippen molar-refractivity contribution in [2.75, 3.05) is 19.0 Å². The highest BCUT2D eigenvalue weighted by Crippen LogP contribution is 2.29. The van der Waals surface area contributed by atoms with Crippen LogP contribution in [0.2, 0.25) is 0 Å². The average molecular weight is 438 g/mol. The van der Waals surface area contributed by atoms with Gasteiger partial charge in [0.2, 0.25) is 0 Å². The second-order valence-electron chi connectivity index (χ2n) is 10.00. The molecule has 7 heteroatoms. The zero-order valence-electron chi connectivity index (χ0n) is 19.8. The molecule has 1 unspecified atom stereocenters. The van der Waals surface area contributed by atoms with Crippen LogP contribution in [0.3, 0.4) is 0 Å². The quantitative estimate of drug-likeness (QED) is 0.506. The molecule has 0 fully saturated rings. The van der Waals surface area contributed by atoms with Crippen molar-refractivity contribution in [2.24, 2.45) is 5.41 Å². The summed E-state index contributed by atoms with van der Waals surface area (Å²) < 4.78 is 16.3. The summed E-state index contributed by atoms with van der Waals surface area (Å²) in [5.74, 6) is 5.29. The van der Waals surface area contributed by atoms with Gasteiger partial charge in [-0.15, -0.1) is 11.3 Å². The van der Waals surface area contributed by atoms with Crippen LogP contribution in [0.25, 0.3) is 0 Å². The zero-order chi connectivity index (χ0) is 23.3. The van der Waals surface area contributed by atoms with Crippen molar-refractivity contribution in [3.05, 3.63) is 15.8 Å². The number of thiophene rings is 1. The summed E-state index contributed by atoms with van der Waals surface area (Å²) >= 11 is 1.22. The number of hydrogen-bond acceptors (Lipinski definition) is 7. The third kappa shape index (κ3) is 9.64. The maximum atomic E-state index is 12.8. The number of carbonyl (C=O) groups is 2. The van der Waals surface area contributed by atoms with Gasteiger partial charge in [-0.2, -0.15) is 0 Å². The molecule has 1 aromatic heterocycles. The van der Waals surface area contributed by atoms with Crippen molar-refractivity contribution in [1.82, 2.24) is 0 Å². The fourth-order valence-corrected chi connectivity index (χ4v) is 3.01. The third-order valence-electron chi connectivity index (χ3n) is 3.37. The largest absolute Gasteiger partial charge is 0.465 e. The maximum absolute atomic E-state index is 12.8. The number of nitrogens with one attached hydrogen (secondary N) is 1. The van der Waals surface area contributed by atoms with Crippen molar-refractivity contribution in [2.45, 2.75) is 79.6 Å². The van der Waals surface area contributed by atoms with Crippen molar-refractivity contribution in [3.8, 4) is 11.8 Å². The molecule has 0 amide bonds. The van der Waals surface area contributed by atoms with Gasteiger partial charge in [-0.05, 0) is 68.4 Å². The van der Waals surface area contributed by atoms with Gasteiger partial charge in [0.05, 0.1) is 29.9 Å². The summed E-state index contributed by atoms with van der Waals surface area (Å²) in [5.41, 5.74) is -0.797. The molecular weight excluding hydrogens is 402 g/mol. The SMILES string of the molecule is COC(=O)c1sc(C#CC(C)(C)C)cc1NC(COC(C)(C)C)C(=O)OC(C)(C)C. The fraction of sp³-hybridized carbons (Fsp3) is 0.652. The normalized spacial score (nSPS) is 13.1. The van der Waals surface area contributed by atoms with E-state index in [1.807, 2.05) is 41.5 Å². The highest BCUT2D eigenvalue weighted by atomic mass is 32.1. The van der Waals surface area contributed by atoms with Crippen molar-refractivity contribution >= 4 is 29.0 Å². The average Bonchev–Trinajstić information content (AvgIpc) is 2.96. The topological polar surface area (TPSA) is 73.9 Å². The predicted octanol–water partition coefficient (Wildman–Crippen LogP) is 4.87. The molecule has 0 saturated heterocycles. The van der Waals surface area contributed by atoms with Crippen molar-refractivity contribution in [3.63, 3.8) is 0 Å². The van der Waals surface area contributed by atoms with Crippen LogP contribution in [-0.2, 0) is 19.0 Å². The Bertz CT molecular complexity index is 810. The molecule has 0 aliphatic rings. The lowest BCUT2D eigenvalue weighted by Crippen LogP contribution is -2.41. The van der Waals surface area contributed by atoms with E-state index < -0.39 is 29.2 Å². The smallest absolute Gasteiger partial charge is 0.350 e. The Labute approximate surface area is 184 Å². The standard InChI is InChI=1S/C23H35NO5S/c1-21(2,3)12-11-15-13-16(18(30-15)20(26)27-10)24-17(14-28-22(4,5)6)19(25)29-23(7,8)9/h13,17,24H,14H2,1-10H3. The molecule has 6 nitrogen and oxygen atoms in total. The van der Waals surface area contributed by atoms with Crippen LogP contribution >= 0.6 is 11.3 Å². The van der Waals surface area contributed by atoms with Gasteiger partial charge in [0.15, 0.2) is 0 Å². The van der Waals surface area contributed by atoms with E-state index in [1.165, 1.54) is 18.4 Å². The van der Waals surface area contributed by atoms with E-state index in [9.17, 15) is 9.59 Å². The van der Waals surface area contributed by atoms with Crippen LogP contribution in [0.4, 0.5) is 5.69 Å². The third-order valence-corrected chi connectivity index (χ3v) is 4.40. The molecule has 1 heterocycles. The van der Waals surface area contributed by atoms with Crippen molar-refractivity contribution in [1.29, 1.82) is 0 Å². The Balaban J connectivity index is 3.27. The monoisotopic (exact) mass is 437 g/mol. The Morgan fingerprint density at radius 3 is 2.13 bits per heavy atom. The van der Waals surface area contributed by atoms with Gasteiger partial charge in [-0.3, -0.25) is 0 Å². The first-order chi connectivity index (χ1) is 13.5. The molecule has 1 rings (SSSR count). The molecule has 0 bridgehead atoms.